The van der Waals surface area contributed by atoms with Crippen molar-refractivity contribution in [2.24, 2.45) is 0 Å². The topological polar surface area (TPSA) is 60.0 Å². The molecule has 0 N–H and O–H groups in total. The van der Waals surface area contributed by atoms with E-state index in [0.29, 0.717) is 5.75 Å². The maximum Gasteiger partial charge on any atom is 0.196 e. The number of nitrogens with zero attached hydrogens (tertiary/aromatic N) is 5. The lowest BCUT2D eigenvalue weighted by Crippen LogP contribution is -2.33. The van der Waals surface area contributed by atoms with Gasteiger partial charge in [0.25, 0.3) is 0 Å². The van der Waals surface area contributed by atoms with E-state index >= 15 is 0 Å². The molecule has 3 aromatic heterocycles. The van der Waals surface area contributed by atoms with E-state index in [1.807, 2.05) is 17.5 Å². The molecule has 1 fully saturated rings. The number of aromatic nitrogens is 4. The number of hydrogen-bond acceptors (Lipinski definition) is 7. The second-order valence-electron chi connectivity index (χ2n) is 7.84. The lowest BCUT2D eigenvalue weighted by molar-refractivity contribution is 0.167. The second kappa shape index (κ2) is 9.56. The van der Waals surface area contributed by atoms with Crippen LogP contribution < -0.4 is 0 Å². The first-order chi connectivity index (χ1) is 15.7. The Hall–Kier alpha value is -2.49. The minimum atomic E-state index is -0.255. The van der Waals surface area contributed by atoms with Gasteiger partial charge in [-0.25, -0.2) is 9.37 Å². The lowest BCUT2D eigenvalue weighted by atomic mass is 10.1. The maximum absolute atomic E-state index is 13.6. The predicted molar refractivity (Wildman–Crippen MR) is 125 cm³/mol. The molecule has 0 saturated carbocycles. The van der Waals surface area contributed by atoms with Crippen LogP contribution in [0.1, 0.15) is 43.7 Å². The number of furan rings is 1. The third kappa shape index (κ3) is 4.51. The Kier molecular flexibility index (Phi) is 6.38. The van der Waals surface area contributed by atoms with Crippen LogP contribution >= 0.6 is 23.1 Å². The van der Waals surface area contributed by atoms with E-state index in [1.165, 1.54) is 31.4 Å². The number of rotatable bonds is 7. The molecule has 4 heterocycles. The van der Waals surface area contributed by atoms with Gasteiger partial charge in [0, 0.05) is 16.8 Å². The molecule has 1 atom stereocenters. The van der Waals surface area contributed by atoms with Crippen molar-refractivity contribution in [1.82, 2.24) is 24.6 Å². The molecule has 0 amide bonds. The molecule has 1 aliphatic rings. The fraction of sp³-hybridized carbons (Fsp3) is 0.348. The smallest absolute Gasteiger partial charge is 0.196 e. The number of hydrogen-bond donors (Lipinski definition) is 0. The summed E-state index contributed by atoms with van der Waals surface area (Å²) in [6.45, 7) is 4.31. The van der Waals surface area contributed by atoms with Gasteiger partial charge in [0.05, 0.1) is 18.0 Å². The predicted octanol–water partition coefficient (Wildman–Crippen LogP) is 5.96. The largest absolute Gasteiger partial charge is 0.462 e. The molecule has 0 radical (unpaired) electrons. The molecule has 1 aromatic carbocycles. The van der Waals surface area contributed by atoms with E-state index in [0.717, 1.165) is 46.2 Å². The van der Waals surface area contributed by atoms with Crippen LogP contribution in [-0.4, -0.2) is 37.7 Å². The van der Waals surface area contributed by atoms with E-state index in [-0.39, 0.29) is 11.9 Å². The zero-order valence-corrected chi connectivity index (χ0v) is 19.4. The fourth-order valence-corrected chi connectivity index (χ4v) is 5.72. The number of likely N-dealkylation sites (tertiary alicyclic amines) is 1. The minimum absolute atomic E-state index is 0.132. The summed E-state index contributed by atoms with van der Waals surface area (Å²) in [5, 5.41) is 12.8. The normalized spacial score (nSPS) is 15.8. The molecule has 0 unspecified atom stereocenters. The van der Waals surface area contributed by atoms with Crippen LogP contribution in [0.5, 0.6) is 0 Å². The summed E-state index contributed by atoms with van der Waals surface area (Å²) in [5.41, 5.74) is 1.83. The van der Waals surface area contributed by atoms with Crippen LogP contribution in [0.3, 0.4) is 0 Å². The first kappa shape index (κ1) is 21.4. The van der Waals surface area contributed by atoms with Crippen LogP contribution in [0.15, 0.2) is 57.6 Å². The van der Waals surface area contributed by atoms with Gasteiger partial charge in [0.2, 0.25) is 0 Å². The summed E-state index contributed by atoms with van der Waals surface area (Å²) in [7, 11) is 0. The number of halogens is 1. The Morgan fingerprint density at radius 1 is 1.12 bits per heavy atom. The molecule has 0 spiro atoms. The van der Waals surface area contributed by atoms with Crippen molar-refractivity contribution in [3.05, 3.63) is 65.4 Å². The van der Waals surface area contributed by atoms with Crippen molar-refractivity contribution in [3.8, 4) is 16.5 Å². The molecule has 1 saturated heterocycles. The quantitative estimate of drug-likeness (QED) is 0.311. The van der Waals surface area contributed by atoms with Gasteiger partial charge in [-0.15, -0.1) is 21.5 Å². The first-order valence-electron chi connectivity index (χ1n) is 10.8. The van der Waals surface area contributed by atoms with Crippen LogP contribution in [0.2, 0.25) is 0 Å². The van der Waals surface area contributed by atoms with Gasteiger partial charge in [-0.2, -0.15) is 0 Å². The van der Waals surface area contributed by atoms with Crippen molar-refractivity contribution in [1.29, 1.82) is 0 Å². The van der Waals surface area contributed by atoms with Crippen molar-refractivity contribution < 1.29 is 8.81 Å². The summed E-state index contributed by atoms with van der Waals surface area (Å²) < 4.78 is 21.1. The zero-order valence-electron chi connectivity index (χ0n) is 17.8. The van der Waals surface area contributed by atoms with Crippen molar-refractivity contribution in [2.45, 2.75) is 43.1 Å². The number of thiazole rings is 1. The molecule has 32 heavy (non-hydrogen) atoms. The van der Waals surface area contributed by atoms with Crippen LogP contribution in [0.4, 0.5) is 4.39 Å². The van der Waals surface area contributed by atoms with Crippen molar-refractivity contribution in [3.63, 3.8) is 0 Å². The summed E-state index contributed by atoms with van der Waals surface area (Å²) in [5.74, 6) is 2.07. The third-order valence-electron chi connectivity index (χ3n) is 5.69. The third-order valence-corrected chi connectivity index (χ3v) is 7.56. The van der Waals surface area contributed by atoms with Gasteiger partial charge < -0.3 is 4.42 Å². The summed E-state index contributed by atoms with van der Waals surface area (Å²) in [4.78, 5) is 7.14. The Labute approximate surface area is 194 Å². The standard InChI is InChI=1S/C23H24FN5OS2/c1-16(28-11-3-2-4-12-28)21-26-27-23(29(21)19-9-7-17(24)8-10-19)32-15-18-14-31-22(25-18)20-6-5-13-30-20/h5-10,13-14,16H,2-4,11-12,15H2,1H3/t16-/m0/s1. The molecular formula is C23H24FN5OS2. The summed E-state index contributed by atoms with van der Waals surface area (Å²) >= 11 is 3.15. The highest BCUT2D eigenvalue weighted by Gasteiger charge is 2.25. The molecular weight excluding hydrogens is 445 g/mol. The molecule has 9 heteroatoms. The molecule has 0 bridgehead atoms. The first-order valence-corrected chi connectivity index (χ1v) is 12.6. The molecule has 1 aliphatic heterocycles. The number of piperidine rings is 1. The fourth-order valence-electron chi connectivity index (χ4n) is 3.97. The van der Waals surface area contributed by atoms with Crippen LogP contribution in [0.25, 0.3) is 16.5 Å². The summed E-state index contributed by atoms with van der Waals surface area (Å²) in [6.07, 6.45) is 5.35. The Morgan fingerprint density at radius 2 is 1.94 bits per heavy atom. The highest BCUT2D eigenvalue weighted by Crippen LogP contribution is 2.32. The van der Waals surface area contributed by atoms with E-state index in [9.17, 15) is 4.39 Å². The Morgan fingerprint density at radius 3 is 2.69 bits per heavy atom. The van der Waals surface area contributed by atoms with E-state index in [1.54, 1.807) is 41.5 Å². The van der Waals surface area contributed by atoms with E-state index in [2.05, 4.69) is 31.6 Å². The summed E-state index contributed by atoms with van der Waals surface area (Å²) in [6, 6.07) is 10.4. The number of thioether (sulfide) groups is 1. The van der Waals surface area contributed by atoms with E-state index in [4.69, 9.17) is 4.42 Å². The van der Waals surface area contributed by atoms with Gasteiger partial charge in [0.1, 0.15) is 5.82 Å². The van der Waals surface area contributed by atoms with Crippen LogP contribution in [-0.2, 0) is 5.75 Å². The second-order valence-corrected chi connectivity index (χ2v) is 9.64. The van der Waals surface area contributed by atoms with Gasteiger partial charge in [-0.1, -0.05) is 18.2 Å². The maximum atomic E-state index is 13.6. The van der Waals surface area contributed by atoms with Gasteiger partial charge in [-0.05, 0) is 69.3 Å². The molecule has 6 nitrogen and oxygen atoms in total. The van der Waals surface area contributed by atoms with Gasteiger partial charge >= 0.3 is 0 Å². The van der Waals surface area contributed by atoms with Crippen molar-refractivity contribution in [2.75, 3.05) is 13.1 Å². The highest BCUT2D eigenvalue weighted by molar-refractivity contribution is 7.98. The lowest BCUT2D eigenvalue weighted by Gasteiger charge is -2.31. The van der Waals surface area contributed by atoms with Crippen LogP contribution in [0, 0.1) is 5.82 Å². The highest BCUT2D eigenvalue weighted by atomic mass is 32.2. The Bertz CT molecular complexity index is 1150. The SMILES string of the molecule is C[C@@H](c1nnc(SCc2csc(-c3ccco3)n2)n1-c1ccc(F)cc1)N1CCCCC1. The van der Waals surface area contributed by atoms with E-state index < -0.39 is 0 Å². The number of benzene rings is 1. The Balaban J connectivity index is 1.41. The van der Waals surface area contributed by atoms with Crippen molar-refractivity contribution >= 4 is 23.1 Å². The molecule has 5 rings (SSSR count). The van der Waals surface area contributed by atoms with Gasteiger partial charge in [-0.3, -0.25) is 9.47 Å². The van der Waals surface area contributed by atoms with Gasteiger partial charge in [0.15, 0.2) is 21.7 Å². The monoisotopic (exact) mass is 469 g/mol. The molecule has 166 valence electrons. The minimum Gasteiger partial charge on any atom is -0.462 e. The zero-order chi connectivity index (χ0) is 21.9. The average Bonchev–Trinajstić information content (AvgIpc) is 3.59. The molecule has 4 aromatic rings. The molecule has 0 aliphatic carbocycles. The average molecular weight is 470 g/mol.